The van der Waals surface area contributed by atoms with Crippen molar-refractivity contribution in [3.05, 3.63) is 59.4 Å². The molecule has 0 atom stereocenters. The molecule has 2 aromatic rings. The highest BCUT2D eigenvalue weighted by Crippen LogP contribution is 2.15. The summed E-state index contributed by atoms with van der Waals surface area (Å²) in [6, 6.07) is 8.49. The molecule has 0 saturated carbocycles. The number of hydrogen-bond donors (Lipinski definition) is 2. The SMILES string of the molecule is O=C(NCc1cccc(OC(F)F)c1)c1ccc(C(=O)O)nc1. The predicted molar refractivity (Wildman–Crippen MR) is 75.4 cm³/mol. The van der Waals surface area contributed by atoms with Crippen LogP contribution in [0.15, 0.2) is 42.6 Å². The lowest BCUT2D eigenvalue weighted by molar-refractivity contribution is -0.0498. The Morgan fingerprint density at radius 3 is 2.65 bits per heavy atom. The first-order valence-corrected chi connectivity index (χ1v) is 6.47. The Kier molecular flexibility index (Phi) is 5.19. The van der Waals surface area contributed by atoms with Gasteiger partial charge in [0, 0.05) is 12.7 Å². The first kappa shape index (κ1) is 16.3. The highest BCUT2D eigenvalue weighted by atomic mass is 19.3. The fourth-order valence-corrected chi connectivity index (χ4v) is 1.77. The number of carbonyl (C=O) groups excluding carboxylic acids is 1. The Morgan fingerprint density at radius 2 is 2.04 bits per heavy atom. The summed E-state index contributed by atoms with van der Waals surface area (Å²) in [6.07, 6.45) is 1.15. The van der Waals surface area contributed by atoms with Crippen molar-refractivity contribution in [2.45, 2.75) is 13.2 Å². The van der Waals surface area contributed by atoms with Gasteiger partial charge in [0.2, 0.25) is 0 Å². The molecule has 120 valence electrons. The zero-order chi connectivity index (χ0) is 16.8. The summed E-state index contributed by atoms with van der Waals surface area (Å²) in [7, 11) is 0. The van der Waals surface area contributed by atoms with Gasteiger partial charge in [-0.2, -0.15) is 8.78 Å². The average molecular weight is 322 g/mol. The Balaban J connectivity index is 1.97. The Labute approximate surface area is 129 Å². The van der Waals surface area contributed by atoms with E-state index in [1.54, 1.807) is 6.07 Å². The van der Waals surface area contributed by atoms with Crippen LogP contribution in [0.1, 0.15) is 26.4 Å². The largest absolute Gasteiger partial charge is 0.477 e. The van der Waals surface area contributed by atoms with E-state index < -0.39 is 18.5 Å². The molecular weight excluding hydrogens is 310 g/mol. The number of nitrogens with zero attached hydrogens (tertiary/aromatic N) is 1. The molecule has 0 aliphatic heterocycles. The van der Waals surface area contributed by atoms with Crippen LogP contribution in [0.5, 0.6) is 5.75 Å². The predicted octanol–water partition coefficient (Wildman–Crippen LogP) is 2.31. The number of carboxylic acids is 1. The third kappa shape index (κ3) is 4.73. The van der Waals surface area contributed by atoms with Crippen molar-refractivity contribution in [2.24, 2.45) is 0 Å². The second-order valence-corrected chi connectivity index (χ2v) is 4.45. The van der Waals surface area contributed by atoms with E-state index >= 15 is 0 Å². The Hall–Kier alpha value is -3.03. The van der Waals surface area contributed by atoms with Crippen molar-refractivity contribution in [3.63, 3.8) is 0 Å². The highest BCUT2D eigenvalue weighted by Gasteiger charge is 2.09. The molecule has 0 radical (unpaired) electrons. The lowest BCUT2D eigenvalue weighted by Crippen LogP contribution is -2.23. The smallest absolute Gasteiger partial charge is 0.387 e. The van der Waals surface area contributed by atoms with E-state index in [2.05, 4.69) is 15.0 Å². The molecule has 6 nitrogen and oxygen atoms in total. The molecule has 2 rings (SSSR count). The molecular formula is C15H12F2N2O4. The van der Waals surface area contributed by atoms with Crippen molar-refractivity contribution < 1.29 is 28.2 Å². The van der Waals surface area contributed by atoms with Crippen LogP contribution < -0.4 is 10.1 Å². The van der Waals surface area contributed by atoms with Crippen LogP contribution in [0.25, 0.3) is 0 Å². The van der Waals surface area contributed by atoms with Crippen LogP contribution in [-0.2, 0) is 6.54 Å². The maximum atomic E-state index is 12.1. The number of ether oxygens (including phenoxy) is 1. The zero-order valence-corrected chi connectivity index (χ0v) is 11.7. The summed E-state index contributed by atoms with van der Waals surface area (Å²) < 4.78 is 28.5. The number of alkyl halides is 2. The molecule has 23 heavy (non-hydrogen) atoms. The number of aromatic nitrogens is 1. The summed E-state index contributed by atoms with van der Waals surface area (Å²) in [4.78, 5) is 26.2. The molecule has 8 heteroatoms. The van der Waals surface area contributed by atoms with Gasteiger partial charge in [-0.15, -0.1) is 0 Å². The second-order valence-electron chi connectivity index (χ2n) is 4.45. The van der Waals surface area contributed by atoms with Gasteiger partial charge in [-0.25, -0.2) is 9.78 Å². The number of rotatable bonds is 6. The van der Waals surface area contributed by atoms with E-state index in [0.29, 0.717) is 5.56 Å². The van der Waals surface area contributed by atoms with E-state index in [4.69, 9.17) is 5.11 Å². The molecule has 0 aliphatic carbocycles. The van der Waals surface area contributed by atoms with Gasteiger partial charge in [0.25, 0.3) is 5.91 Å². The summed E-state index contributed by atoms with van der Waals surface area (Å²) in [5.74, 6) is -1.65. The fourth-order valence-electron chi connectivity index (χ4n) is 1.77. The number of benzene rings is 1. The van der Waals surface area contributed by atoms with Gasteiger partial charge in [0.05, 0.1) is 5.56 Å². The highest BCUT2D eigenvalue weighted by molar-refractivity contribution is 5.94. The first-order chi connectivity index (χ1) is 11.0. The van der Waals surface area contributed by atoms with Crippen molar-refractivity contribution in [1.82, 2.24) is 10.3 Å². The van der Waals surface area contributed by atoms with E-state index in [1.165, 1.54) is 30.3 Å². The van der Waals surface area contributed by atoms with E-state index in [0.717, 1.165) is 6.20 Å². The van der Waals surface area contributed by atoms with E-state index in [-0.39, 0.29) is 23.6 Å². The number of carbonyl (C=O) groups is 2. The van der Waals surface area contributed by atoms with Gasteiger partial charge in [-0.05, 0) is 29.8 Å². The lowest BCUT2D eigenvalue weighted by atomic mass is 10.2. The van der Waals surface area contributed by atoms with Crippen LogP contribution in [-0.4, -0.2) is 28.6 Å². The first-order valence-electron chi connectivity index (χ1n) is 6.47. The minimum absolute atomic E-state index is 0.000716. The standard InChI is InChI=1S/C15H12F2N2O4/c16-15(17)23-11-3-1-2-9(6-11)7-19-13(20)10-4-5-12(14(21)22)18-8-10/h1-6,8,15H,7H2,(H,19,20)(H,21,22). The number of pyridine rings is 1. The van der Waals surface area contributed by atoms with Crippen molar-refractivity contribution >= 4 is 11.9 Å². The summed E-state index contributed by atoms with van der Waals surface area (Å²) in [5, 5.41) is 11.3. The van der Waals surface area contributed by atoms with E-state index in [1.807, 2.05) is 0 Å². The monoisotopic (exact) mass is 322 g/mol. The lowest BCUT2D eigenvalue weighted by Gasteiger charge is -2.08. The average Bonchev–Trinajstić information content (AvgIpc) is 2.52. The van der Waals surface area contributed by atoms with Crippen molar-refractivity contribution in [1.29, 1.82) is 0 Å². The molecule has 0 fully saturated rings. The number of amides is 1. The summed E-state index contributed by atoms with van der Waals surface area (Å²) >= 11 is 0. The molecule has 0 bridgehead atoms. The molecule has 1 aromatic carbocycles. The van der Waals surface area contributed by atoms with Crippen LogP contribution in [0.2, 0.25) is 0 Å². The molecule has 1 amide bonds. The van der Waals surface area contributed by atoms with Gasteiger partial charge >= 0.3 is 12.6 Å². The minimum atomic E-state index is -2.92. The zero-order valence-electron chi connectivity index (χ0n) is 11.7. The van der Waals surface area contributed by atoms with Crippen molar-refractivity contribution in [3.8, 4) is 5.75 Å². The van der Waals surface area contributed by atoms with Gasteiger partial charge in [0.1, 0.15) is 11.4 Å². The summed E-state index contributed by atoms with van der Waals surface area (Å²) in [6.45, 7) is -2.82. The fraction of sp³-hybridized carbons (Fsp3) is 0.133. The quantitative estimate of drug-likeness (QED) is 0.852. The number of hydrogen-bond acceptors (Lipinski definition) is 4. The maximum Gasteiger partial charge on any atom is 0.387 e. The topological polar surface area (TPSA) is 88.5 Å². The normalized spacial score (nSPS) is 10.4. The van der Waals surface area contributed by atoms with Crippen molar-refractivity contribution in [2.75, 3.05) is 0 Å². The molecule has 1 aromatic heterocycles. The maximum absolute atomic E-state index is 12.1. The Bertz CT molecular complexity index is 705. The molecule has 0 spiro atoms. The molecule has 0 unspecified atom stereocenters. The number of carboxylic acid groups (broad SMARTS) is 1. The van der Waals surface area contributed by atoms with Crippen LogP contribution >= 0.6 is 0 Å². The summed E-state index contributed by atoms with van der Waals surface area (Å²) in [5.41, 5.74) is 0.597. The molecule has 1 heterocycles. The van der Waals surface area contributed by atoms with Gasteiger partial charge in [0.15, 0.2) is 0 Å². The third-order valence-electron chi connectivity index (χ3n) is 2.82. The van der Waals surface area contributed by atoms with Crippen LogP contribution in [0.4, 0.5) is 8.78 Å². The number of nitrogens with one attached hydrogen (secondary N) is 1. The van der Waals surface area contributed by atoms with E-state index in [9.17, 15) is 18.4 Å². The third-order valence-corrected chi connectivity index (χ3v) is 2.82. The van der Waals surface area contributed by atoms with Gasteiger partial charge in [-0.1, -0.05) is 12.1 Å². The number of halogens is 2. The minimum Gasteiger partial charge on any atom is -0.477 e. The molecule has 0 aliphatic rings. The Morgan fingerprint density at radius 1 is 1.26 bits per heavy atom. The van der Waals surface area contributed by atoms with Gasteiger partial charge < -0.3 is 15.2 Å². The van der Waals surface area contributed by atoms with Crippen LogP contribution in [0, 0.1) is 0 Å². The molecule has 2 N–H and O–H groups in total. The number of aromatic carboxylic acids is 1. The van der Waals surface area contributed by atoms with Gasteiger partial charge in [-0.3, -0.25) is 4.79 Å². The second kappa shape index (κ2) is 7.30. The molecule has 0 saturated heterocycles. The van der Waals surface area contributed by atoms with Crippen LogP contribution in [0.3, 0.4) is 0 Å².